The van der Waals surface area contributed by atoms with Crippen molar-refractivity contribution in [1.29, 1.82) is 0 Å². The van der Waals surface area contributed by atoms with Crippen molar-refractivity contribution in [2.45, 2.75) is 12.6 Å². The molecule has 0 aromatic carbocycles. The fourth-order valence-electron chi connectivity index (χ4n) is 1.07. The second kappa shape index (κ2) is 4.22. The summed E-state index contributed by atoms with van der Waals surface area (Å²) in [5.41, 5.74) is -5.34. The first-order valence-corrected chi connectivity index (χ1v) is 3.93. The van der Waals surface area contributed by atoms with Crippen LogP contribution in [0.4, 0.5) is 26.3 Å². The number of carboxylic acids is 1. The molecule has 0 aliphatic rings. The van der Waals surface area contributed by atoms with Gasteiger partial charge < -0.3 is 5.11 Å². The van der Waals surface area contributed by atoms with Gasteiger partial charge in [-0.1, -0.05) is 0 Å². The van der Waals surface area contributed by atoms with Crippen molar-refractivity contribution in [2.75, 3.05) is 0 Å². The molecule has 1 aromatic heterocycles. The average Bonchev–Trinajstić information content (AvgIpc) is 2.13. The van der Waals surface area contributed by atoms with E-state index >= 15 is 0 Å². The molecule has 0 aliphatic carbocycles. The number of halogens is 6. The van der Waals surface area contributed by atoms with Gasteiger partial charge in [-0.05, 0) is 0 Å². The lowest BCUT2D eigenvalue weighted by Gasteiger charge is -2.12. The standard InChI is InChI=1S/C8H3F6NO2/c9-4-2(8(12,13)14)1-15-5(7(16)17)3(4)6(10)11/h1,6H,(H,16,17). The van der Waals surface area contributed by atoms with Crippen molar-refractivity contribution in [3.8, 4) is 0 Å². The maximum Gasteiger partial charge on any atom is 0.420 e. The first-order chi connectivity index (χ1) is 7.66. The number of hydrogen-bond acceptors (Lipinski definition) is 2. The Labute approximate surface area is 89.7 Å². The van der Waals surface area contributed by atoms with E-state index in [4.69, 9.17) is 5.11 Å². The SMILES string of the molecule is O=C(O)c1ncc(C(F)(F)F)c(F)c1C(F)F. The van der Waals surface area contributed by atoms with Gasteiger partial charge in [0.2, 0.25) is 0 Å². The first kappa shape index (κ1) is 13.3. The Morgan fingerprint density at radius 3 is 2.24 bits per heavy atom. The van der Waals surface area contributed by atoms with Crippen LogP contribution in [-0.2, 0) is 6.18 Å². The van der Waals surface area contributed by atoms with Crippen molar-refractivity contribution < 1.29 is 36.2 Å². The highest BCUT2D eigenvalue weighted by atomic mass is 19.4. The van der Waals surface area contributed by atoms with Crippen LogP contribution >= 0.6 is 0 Å². The van der Waals surface area contributed by atoms with Gasteiger partial charge in [-0.25, -0.2) is 22.9 Å². The van der Waals surface area contributed by atoms with E-state index in [9.17, 15) is 31.1 Å². The van der Waals surface area contributed by atoms with Crippen LogP contribution in [0.2, 0.25) is 0 Å². The third kappa shape index (κ3) is 2.48. The van der Waals surface area contributed by atoms with Crippen LogP contribution in [0.1, 0.15) is 28.0 Å². The Kier molecular flexibility index (Phi) is 3.30. The van der Waals surface area contributed by atoms with Crippen LogP contribution in [-0.4, -0.2) is 16.1 Å². The normalized spacial score (nSPS) is 11.9. The minimum atomic E-state index is -5.22. The summed E-state index contributed by atoms with van der Waals surface area (Å²) >= 11 is 0. The Balaban J connectivity index is 3.55. The predicted molar refractivity (Wildman–Crippen MR) is 41.1 cm³/mol. The topological polar surface area (TPSA) is 50.2 Å². The van der Waals surface area contributed by atoms with Gasteiger partial charge in [0.05, 0.1) is 5.56 Å². The van der Waals surface area contributed by atoms with E-state index in [1.165, 1.54) is 0 Å². The molecule has 0 bridgehead atoms. The van der Waals surface area contributed by atoms with Crippen LogP contribution < -0.4 is 0 Å². The first-order valence-electron chi connectivity index (χ1n) is 3.93. The molecule has 17 heavy (non-hydrogen) atoms. The summed E-state index contributed by atoms with van der Waals surface area (Å²) in [4.78, 5) is 13.1. The minimum Gasteiger partial charge on any atom is -0.476 e. The number of pyridine rings is 1. The molecule has 1 rings (SSSR count). The Bertz CT molecular complexity index is 456. The minimum absolute atomic E-state index is 0.134. The molecule has 1 heterocycles. The zero-order chi connectivity index (χ0) is 13.4. The second-order valence-electron chi connectivity index (χ2n) is 2.85. The highest BCUT2D eigenvalue weighted by Crippen LogP contribution is 2.35. The highest BCUT2D eigenvalue weighted by molar-refractivity contribution is 5.87. The molecule has 0 atom stereocenters. The van der Waals surface area contributed by atoms with E-state index in [0.29, 0.717) is 0 Å². The molecule has 1 N–H and O–H groups in total. The number of aromatic carboxylic acids is 1. The fourth-order valence-corrected chi connectivity index (χ4v) is 1.07. The number of rotatable bonds is 2. The largest absolute Gasteiger partial charge is 0.476 e. The van der Waals surface area contributed by atoms with Gasteiger partial charge in [0, 0.05) is 6.20 Å². The summed E-state index contributed by atoms with van der Waals surface area (Å²) in [7, 11) is 0. The Morgan fingerprint density at radius 2 is 1.88 bits per heavy atom. The molecule has 0 saturated heterocycles. The summed E-state index contributed by atoms with van der Waals surface area (Å²) in [6.07, 6.45) is -9.07. The number of carboxylic acid groups (broad SMARTS) is 1. The molecule has 0 spiro atoms. The summed E-state index contributed by atoms with van der Waals surface area (Å²) in [6, 6.07) is 0. The Morgan fingerprint density at radius 1 is 1.35 bits per heavy atom. The predicted octanol–water partition coefficient (Wildman–Crippen LogP) is 2.88. The van der Waals surface area contributed by atoms with E-state index in [2.05, 4.69) is 4.98 Å². The molecule has 94 valence electrons. The maximum atomic E-state index is 13.1. The summed E-state index contributed by atoms with van der Waals surface area (Å²) in [5, 5.41) is 8.39. The highest BCUT2D eigenvalue weighted by Gasteiger charge is 2.38. The zero-order valence-corrected chi connectivity index (χ0v) is 7.73. The smallest absolute Gasteiger partial charge is 0.420 e. The van der Waals surface area contributed by atoms with Gasteiger partial charge in [-0.15, -0.1) is 0 Å². The van der Waals surface area contributed by atoms with Crippen molar-refractivity contribution in [2.24, 2.45) is 0 Å². The van der Waals surface area contributed by atoms with E-state index < -0.39 is 41.2 Å². The zero-order valence-electron chi connectivity index (χ0n) is 7.73. The summed E-state index contributed by atoms with van der Waals surface area (Å²) in [5.74, 6) is -4.35. The van der Waals surface area contributed by atoms with Gasteiger partial charge in [0.15, 0.2) is 5.69 Å². The van der Waals surface area contributed by atoms with Gasteiger partial charge in [0.1, 0.15) is 11.4 Å². The number of hydrogen-bond donors (Lipinski definition) is 1. The maximum absolute atomic E-state index is 13.1. The molecule has 0 aliphatic heterocycles. The number of carbonyl (C=O) groups is 1. The molecule has 0 amide bonds. The van der Waals surface area contributed by atoms with Crippen molar-refractivity contribution in [1.82, 2.24) is 4.98 Å². The van der Waals surface area contributed by atoms with Crippen molar-refractivity contribution in [3.63, 3.8) is 0 Å². The molecule has 1 aromatic rings. The molecule has 0 fully saturated rings. The molecule has 0 radical (unpaired) electrons. The Hall–Kier alpha value is -1.80. The fraction of sp³-hybridized carbons (Fsp3) is 0.250. The van der Waals surface area contributed by atoms with E-state index in [1.54, 1.807) is 0 Å². The van der Waals surface area contributed by atoms with Crippen LogP contribution in [0.5, 0.6) is 0 Å². The van der Waals surface area contributed by atoms with Crippen molar-refractivity contribution in [3.05, 3.63) is 28.8 Å². The summed E-state index contributed by atoms with van der Waals surface area (Å²) in [6.45, 7) is 0. The molecule has 0 unspecified atom stereocenters. The van der Waals surface area contributed by atoms with E-state index in [1.807, 2.05) is 0 Å². The van der Waals surface area contributed by atoms with E-state index in [0.717, 1.165) is 0 Å². The van der Waals surface area contributed by atoms with Gasteiger partial charge in [-0.3, -0.25) is 0 Å². The molecule has 0 saturated carbocycles. The monoisotopic (exact) mass is 259 g/mol. The van der Waals surface area contributed by atoms with Gasteiger partial charge in [0.25, 0.3) is 6.43 Å². The van der Waals surface area contributed by atoms with Crippen LogP contribution in [0, 0.1) is 5.82 Å². The molecular formula is C8H3F6NO2. The van der Waals surface area contributed by atoms with Gasteiger partial charge >= 0.3 is 12.1 Å². The van der Waals surface area contributed by atoms with Gasteiger partial charge in [-0.2, -0.15) is 13.2 Å². The number of alkyl halides is 5. The van der Waals surface area contributed by atoms with E-state index in [-0.39, 0.29) is 6.20 Å². The second-order valence-corrected chi connectivity index (χ2v) is 2.85. The van der Waals surface area contributed by atoms with Crippen LogP contribution in [0.15, 0.2) is 6.20 Å². The summed E-state index contributed by atoms with van der Waals surface area (Å²) < 4.78 is 74.2. The average molecular weight is 259 g/mol. The molecule has 9 heteroatoms. The molecular weight excluding hydrogens is 256 g/mol. The lowest BCUT2D eigenvalue weighted by molar-refractivity contribution is -0.140. The quantitative estimate of drug-likeness (QED) is 0.831. The van der Waals surface area contributed by atoms with Crippen molar-refractivity contribution >= 4 is 5.97 Å². The lowest BCUT2D eigenvalue weighted by Crippen LogP contribution is -2.16. The van der Waals surface area contributed by atoms with Crippen LogP contribution in [0.3, 0.4) is 0 Å². The van der Waals surface area contributed by atoms with Crippen LogP contribution in [0.25, 0.3) is 0 Å². The third-order valence-electron chi connectivity index (χ3n) is 1.78. The number of nitrogens with zero attached hydrogens (tertiary/aromatic N) is 1. The molecule has 3 nitrogen and oxygen atoms in total. The third-order valence-corrected chi connectivity index (χ3v) is 1.78. The lowest BCUT2D eigenvalue weighted by atomic mass is 10.1. The number of aromatic nitrogens is 1.